The van der Waals surface area contributed by atoms with E-state index in [1.165, 1.54) is 11.1 Å². The summed E-state index contributed by atoms with van der Waals surface area (Å²) >= 11 is 0. The van der Waals surface area contributed by atoms with E-state index in [0.29, 0.717) is 17.8 Å². The van der Waals surface area contributed by atoms with E-state index in [-0.39, 0.29) is 25.0 Å². The summed E-state index contributed by atoms with van der Waals surface area (Å²) in [5.74, 6) is 1.18. The molecule has 7 aromatic carbocycles. The van der Waals surface area contributed by atoms with E-state index < -0.39 is 29.8 Å². The lowest BCUT2D eigenvalue weighted by Crippen LogP contribution is -2.18. The fourth-order valence-electron chi connectivity index (χ4n) is 6.55. The van der Waals surface area contributed by atoms with Gasteiger partial charge in [0.05, 0.1) is 25.8 Å². The number of aryl methyl sites for hydroxylation is 2. The molecule has 1 N–H and O–H groups in total. The Kier molecular flexibility index (Phi) is 13.0. The first-order chi connectivity index (χ1) is 28.3. The van der Waals surface area contributed by atoms with Crippen molar-refractivity contribution in [2.75, 3.05) is 6.26 Å². The zero-order valence-electron chi connectivity index (χ0n) is 33.9. The minimum atomic E-state index is -3.67. The lowest BCUT2D eigenvalue weighted by molar-refractivity contribution is 0.481. The van der Waals surface area contributed by atoms with Gasteiger partial charge in [-0.2, -0.15) is 8.42 Å². The lowest BCUT2D eigenvalue weighted by atomic mass is 9.78. The summed E-state index contributed by atoms with van der Waals surface area (Å²) in [5, 5.41) is 0. The minimum Gasteiger partial charge on any atom is -0.457 e. The van der Waals surface area contributed by atoms with E-state index in [2.05, 4.69) is 69.3 Å². The second-order valence-corrected chi connectivity index (χ2v) is 20.5. The molecular formula is C49H46O8S3. The predicted molar refractivity (Wildman–Crippen MR) is 237 cm³/mol. The average Bonchev–Trinajstić information content (AvgIpc) is 3.22. The summed E-state index contributed by atoms with van der Waals surface area (Å²) in [7, 11) is -10.9. The van der Waals surface area contributed by atoms with Crippen LogP contribution in [0.4, 0.5) is 0 Å². The SMILES string of the molecule is CS(=O)(=O)O.Cc1ccc(Cc2ccc(S(=O)(=O)c3ccc(-c4ccc(C(C)(C)c5ccc(Oc6ccc(S(=O)(=O)c7ccc(C)cc7)cc6)cc5)cc4)cc3)cc2)cc1. The third-order valence-corrected chi connectivity index (χ3v) is 13.7. The Morgan fingerprint density at radius 3 is 1.10 bits per heavy atom. The van der Waals surface area contributed by atoms with Crippen molar-refractivity contribution in [3.8, 4) is 22.6 Å². The summed E-state index contributed by atoms with van der Waals surface area (Å²) < 4.78 is 84.9. The molecule has 0 heterocycles. The smallest absolute Gasteiger partial charge is 0.261 e. The van der Waals surface area contributed by atoms with Gasteiger partial charge in [0, 0.05) is 5.41 Å². The van der Waals surface area contributed by atoms with E-state index in [1.54, 1.807) is 72.8 Å². The van der Waals surface area contributed by atoms with Crippen LogP contribution in [-0.2, 0) is 41.6 Å². The Morgan fingerprint density at radius 2 is 0.700 bits per heavy atom. The fraction of sp³-hybridized carbons (Fsp3) is 0.143. The highest BCUT2D eigenvalue weighted by atomic mass is 32.2. The molecule has 0 atom stereocenters. The standard InChI is InChI=1S/C48H42O5S2.CH4O3S/c1-34-5-9-36(10-6-34)33-37-11-27-45(28-12-37)55(51,52)46-29-15-39(16-30-46)38-13-17-40(18-14-38)48(3,4)41-19-21-42(22-20-41)53-43-23-31-47(32-24-43)54(49,50)44-25-7-35(2)8-26-44;1-5(2,3)4/h5-32H,33H2,1-4H3;1H3,(H,2,3,4). The van der Waals surface area contributed by atoms with Crippen LogP contribution in [0.5, 0.6) is 11.5 Å². The van der Waals surface area contributed by atoms with E-state index in [4.69, 9.17) is 9.29 Å². The molecule has 0 saturated carbocycles. The van der Waals surface area contributed by atoms with Crippen molar-refractivity contribution in [2.24, 2.45) is 0 Å². The second-order valence-electron chi connectivity index (χ2n) is 15.2. The van der Waals surface area contributed by atoms with Crippen LogP contribution in [0.15, 0.2) is 189 Å². The topological polar surface area (TPSA) is 132 Å². The maximum atomic E-state index is 13.5. The van der Waals surface area contributed by atoms with Gasteiger partial charge in [0.2, 0.25) is 19.7 Å². The number of ether oxygens (including phenoxy) is 1. The van der Waals surface area contributed by atoms with Crippen LogP contribution in [0.3, 0.4) is 0 Å². The quantitative estimate of drug-likeness (QED) is 0.127. The third-order valence-electron chi connectivity index (χ3n) is 10.1. The van der Waals surface area contributed by atoms with Crippen LogP contribution in [0.25, 0.3) is 11.1 Å². The summed E-state index contributed by atoms with van der Waals surface area (Å²) in [6.07, 6.45) is 1.46. The van der Waals surface area contributed by atoms with Gasteiger partial charge in [-0.3, -0.25) is 4.55 Å². The van der Waals surface area contributed by atoms with Crippen molar-refractivity contribution in [1.82, 2.24) is 0 Å². The minimum absolute atomic E-state index is 0.211. The molecule has 0 fully saturated rings. The van der Waals surface area contributed by atoms with E-state index in [0.717, 1.165) is 39.8 Å². The molecule has 0 unspecified atom stereocenters. The predicted octanol–water partition coefficient (Wildman–Crippen LogP) is 10.8. The van der Waals surface area contributed by atoms with Gasteiger partial charge < -0.3 is 4.74 Å². The molecule has 0 radical (unpaired) electrons. The molecule has 0 amide bonds. The molecule has 60 heavy (non-hydrogen) atoms. The van der Waals surface area contributed by atoms with Crippen molar-refractivity contribution in [3.63, 3.8) is 0 Å². The highest BCUT2D eigenvalue weighted by Crippen LogP contribution is 2.35. The maximum Gasteiger partial charge on any atom is 0.261 e. The third kappa shape index (κ3) is 10.8. The second kappa shape index (κ2) is 17.8. The summed E-state index contributed by atoms with van der Waals surface area (Å²) in [5.41, 5.74) is 8.29. The molecule has 0 bridgehead atoms. The van der Waals surface area contributed by atoms with E-state index >= 15 is 0 Å². The Labute approximate surface area is 353 Å². The van der Waals surface area contributed by atoms with Gasteiger partial charge in [-0.05, 0) is 126 Å². The molecule has 308 valence electrons. The highest BCUT2D eigenvalue weighted by Gasteiger charge is 2.24. The van der Waals surface area contributed by atoms with Gasteiger partial charge >= 0.3 is 0 Å². The number of hydrogen-bond donors (Lipinski definition) is 1. The number of benzene rings is 7. The molecule has 0 aliphatic heterocycles. The first kappa shape index (κ1) is 43.7. The van der Waals surface area contributed by atoms with Gasteiger partial charge in [0.1, 0.15) is 11.5 Å². The summed E-state index contributed by atoms with van der Waals surface area (Å²) in [6.45, 7) is 8.31. The normalized spacial score (nSPS) is 12.0. The van der Waals surface area contributed by atoms with Crippen LogP contribution >= 0.6 is 0 Å². The Balaban J connectivity index is 0.00000114. The molecule has 0 spiro atoms. The molecular weight excluding hydrogens is 813 g/mol. The molecule has 0 aromatic heterocycles. The van der Waals surface area contributed by atoms with Crippen molar-refractivity contribution >= 4 is 29.8 Å². The Morgan fingerprint density at radius 1 is 0.433 bits per heavy atom. The fourth-order valence-corrected chi connectivity index (χ4v) is 9.07. The molecule has 11 heteroatoms. The lowest BCUT2D eigenvalue weighted by Gasteiger charge is -2.26. The first-order valence-electron chi connectivity index (χ1n) is 19.0. The van der Waals surface area contributed by atoms with Gasteiger partial charge in [0.15, 0.2) is 0 Å². The Hall–Kier alpha value is -5.85. The van der Waals surface area contributed by atoms with Gasteiger partial charge in [-0.1, -0.05) is 122 Å². The van der Waals surface area contributed by atoms with E-state index in [9.17, 15) is 25.3 Å². The van der Waals surface area contributed by atoms with Crippen molar-refractivity contribution in [2.45, 2.75) is 59.1 Å². The largest absolute Gasteiger partial charge is 0.457 e. The van der Waals surface area contributed by atoms with E-state index in [1.807, 2.05) is 55.5 Å². The van der Waals surface area contributed by atoms with Crippen molar-refractivity contribution in [1.29, 1.82) is 0 Å². The Bertz CT molecular complexity index is 2880. The maximum absolute atomic E-state index is 13.5. The van der Waals surface area contributed by atoms with Crippen LogP contribution in [0.1, 0.15) is 47.2 Å². The average molecular weight is 859 g/mol. The van der Waals surface area contributed by atoms with Crippen LogP contribution in [0.2, 0.25) is 0 Å². The summed E-state index contributed by atoms with van der Waals surface area (Å²) in [6, 6.07) is 52.1. The van der Waals surface area contributed by atoms with Crippen LogP contribution in [0, 0.1) is 13.8 Å². The van der Waals surface area contributed by atoms with Crippen LogP contribution in [-0.4, -0.2) is 36.1 Å². The number of rotatable bonds is 11. The monoisotopic (exact) mass is 858 g/mol. The first-order valence-corrected chi connectivity index (χ1v) is 23.8. The summed E-state index contributed by atoms with van der Waals surface area (Å²) in [4.78, 5) is 1.01. The molecule has 0 aliphatic carbocycles. The van der Waals surface area contributed by atoms with Gasteiger partial charge in [-0.25, -0.2) is 16.8 Å². The number of sulfone groups is 2. The zero-order chi connectivity index (χ0) is 43.3. The van der Waals surface area contributed by atoms with Crippen LogP contribution < -0.4 is 4.74 Å². The molecule has 0 aliphatic rings. The molecule has 7 rings (SSSR count). The zero-order valence-corrected chi connectivity index (χ0v) is 36.4. The van der Waals surface area contributed by atoms with Gasteiger partial charge in [-0.15, -0.1) is 0 Å². The van der Waals surface area contributed by atoms with Crippen molar-refractivity contribution in [3.05, 3.63) is 203 Å². The molecule has 7 aromatic rings. The van der Waals surface area contributed by atoms with Crippen molar-refractivity contribution < 1.29 is 34.5 Å². The number of hydrogen-bond acceptors (Lipinski definition) is 7. The molecule has 8 nitrogen and oxygen atoms in total. The van der Waals surface area contributed by atoms with Gasteiger partial charge in [0.25, 0.3) is 10.1 Å². The molecule has 0 saturated heterocycles. The highest BCUT2D eigenvalue weighted by molar-refractivity contribution is 7.91.